The molecule has 1 spiro atoms. The first-order valence-corrected chi connectivity index (χ1v) is 10.3. The molecule has 2 aromatic rings. The van der Waals surface area contributed by atoms with Gasteiger partial charge in [-0.3, -0.25) is 4.79 Å². The molecule has 3 fully saturated rings. The Balaban J connectivity index is 1.22. The van der Waals surface area contributed by atoms with Gasteiger partial charge in [-0.25, -0.2) is 4.98 Å². The van der Waals surface area contributed by atoms with E-state index in [1.807, 2.05) is 17.0 Å². The van der Waals surface area contributed by atoms with Crippen molar-refractivity contribution in [1.82, 2.24) is 20.2 Å². The summed E-state index contributed by atoms with van der Waals surface area (Å²) in [5.74, 6) is 0.574. The average molecular weight is 385 g/mol. The van der Waals surface area contributed by atoms with Crippen LogP contribution in [-0.2, 0) is 9.53 Å². The van der Waals surface area contributed by atoms with Crippen LogP contribution in [0.15, 0.2) is 22.7 Å². The fourth-order valence-electron chi connectivity index (χ4n) is 4.71. The summed E-state index contributed by atoms with van der Waals surface area (Å²) in [4.78, 5) is 25.9. The molecule has 0 saturated carbocycles. The number of oxazole rings is 1. The first-order chi connectivity index (χ1) is 13.7. The summed E-state index contributed by atoms with van der Waals surface area (Å²) < 4.78 is 11.9. The van der Waals surface area contributed by atoms with E-state index in [1.54, 1.807) is 6.20 Å². The SMILES string of the molecule is O=C(CC1CCCN(c2nc3ncccc3o2)C1)N1CCOC2(CCNC2)C1. The molecule has 0 aromatic carbocycles. The number of anilines is 1. The lowest BCUT2D eigenvalue weighted by Gasteiger charge is -2.41. The van der Waals surface area contributed by atoms with E-state index < -0.39 is 0 Å². The Labute approximate surface area is 164 Å². The summed E-state index contributed by atoms with van der Waals surface area (Å²) in [5.41, 5.74) is 1.18. The van der Waals surface area contributed by atoms with Crippen LogP contribution in [0.4, 0.5) is 6.01 Å². The van der Waals surface area contributed by atoms with Crippen molar-refractivity contribution >= 4 is 23.2 Å². The fraction of sp³-hybridized carbons (Fsp3) is 0.650. The highest BCUT2D eigenvalue weighted by Gasteiger charge is 2.41. The number of hydrogen-bond acceptors (Lipinski definition) is 7. The first kappa shape index (κ1) is 17.9. The highest BCUT2D eigenvalue weighted by molar-refractivity contribution is 5.77. The first-order valence-electron chi connectivity index (χ1n) is 10.3. The van der Waals surface area contributed by atoms with Gasteiger partial charge in [-0.1, -0.05) is 0 Å². The summed E-state index contributed by atoms with van der Waals surface area (Å²) in [6.07, 6.45) is 5.40. The number of hydrogen-bond donors (Lipinski definition) is 1. The Morgan fingerprint density at radius 1 is 1.39 bits per heavy atom. The van der Waals surface area contributed by atoms with Crippen LogP contribution >= 0.6 is 0 Å². The lowest BCUT2D eigenvalue weighted by Crippen LogP contribution is -2.55. The molecule has 28 heavy (non-hydrogen) atoms. The highest BCUT2D eigenvalue weighted by atomic mass is 16.5. The molecule has 5 rings (SSSR count). The van der Waals surface area contributed by atoms with Crippen LogP contribution in [0.3, 0.4) is 0 Å². The Kier molecular flexibility index (Phi) is 4.68. The highest BCUT2D eigenvalue weighted by Crippen LogP contribution is 2.29. The second-order valence-corrected chi connectivity index (χ2v) is 8.25. The van der Waals surface area contributed by atoms with Gasteiger partial charge in [-0.2, -0.15) is 4.98 Å². The summed E-state index contributed by atoms with van der Waals surface area (Å²) >= 11 is 0. The predicted octanol–water partition coefficient (Wildman–Crippen LogP) is 1.42. The van der Waals surface area contributed by atoms with E-state index in [9.17, 15) is 4.79 Å². The number of fused-ring (bicyclic) bond motifs is 1. The van der Waals surface area contributed by atoms with Gasteiger partial charge >= 0.3 is 0 Å². The van der Waals surface area contributed by atoms with Crippen LogP contribution in [0.1, 0.15) is 25.7 Å². The van der Waals surface area contributed by atoms with E-state index in [2.05, 4.69) is 20.2 Å². The molecule has 0 aliphatic carbocycles. The van der Waals surface area contributed by atoms with Gasteiger partial charge in [0.1, 0.15) is 0 Å². The molecule has 3 aliphatic rings. The van der Waals surface area contributed by atoms with Gasteiger partial charge in [0.05, 0.1) is 18.8 Å². The summed E-state index contributed by atoms with van der Waals surface area (Å²) in [6, 6.07) is 4.35. The second-order valence-electron chi connectivity index (χ2n) is 8.25. The van der Waals surface area contributed by atoms with Crippen molar-refractivity contribution < 1.29 is 13.9 Å². The van der Waals surface area contributed by atoms with Gasteiger partial charge < -0.3 is 24.3 Å². The third kappa shape index (κ3) is 3.46. The predicted molar refractivity (Wildman–Crippen MR) is 104 cm³/mol. The number of carbonyl (C=O) groups is 1. The Bertz CT molecular complexity index is 814. The van der Waals surface area contributed by atoms with Crippen molar-refractivity contribution in [1.29, 1.82) is 0 Å². The number of ether oxygens (including phenoxy) is 1. The molecule has 2 atom stereocenters. The molecule has 3 saturated heterocycles. The van der Waals surface area contributed by atoms with Gasteiger partial charge in [-0.05, 0) is 43.9 Å². The summed E-state index contributed by atoms with van der Waals surface area (Å²) in [6.45, 7) is 5.58. The number of nitrogens with zero attached hydrogens (tertiary/aromatic N) is 4. The minimum absolute atomic E-state index is 0.169. The van der Waals surface area contributed by atoms with Crippen LogP contribution in [0.25, 0.3) is 11.2 Å². The molecule has 1 amide bonds. The molecule has 3 aliphatic heterocycles. The topological polar surface area (TPSA) is 83.7 Å². The summed E-state index contributed by atoms with van der Waals surface area (Å²) in [5, 5.41) is 3.37. The standard InChI is InChI=1S/C20H27N5O3/c26-17(25-9-10-27-20(14-25)5-7-21-13-20)11-15-3-2-8-24(12-15)19-23-18-16(28-19)4-1-6-22-18/h1,4,6,15,21H,2-3,5,7-14H2. The van der Waals surface area contributed by atoms with Crippen LogP contribution < -0.4 is 10.2 Å². The van der Waals surface area contributed by atoms with E-state index in [4.69, 9.17) is 9.15 Å². The van der Waals surface area contributed by atoms with Crippen LogP contribution in [0, 0.1) is 5.92 Å². The maximum atomic E-state index is 13.0. The summed E-state index contributed by atoms with van der Waals surface area (Å²) in [7, 11) is 0. The molecular formula is C20H27N5O3. The van der Waals surface area contributed by atoms with E-state index >= 15 is 0 Å². The number of carbonyl (C=O) groups excluding carboxylic acids is 1. The van der Waals surface area contributed by atoms with Crippen LogP contribution in [0.2, 0.25) is 0 Å². The van der Waals surface area contributed by atoms with Gasteiger partial charge in [0.2, 0.25) is 11.6 Å². The molecule has 8 heteroatoms. The molecule has 0 radical (unpaired) electrons. The van der Waals surface area contributed by atoms with Gasteiger partial charge in [0, 0.05) is 38.8 Å². The van der Waals surface area contributed by atoms with Crippen molar-refractivity contribution in [2.75, 3.05) is 50.8 Å². The Hall–Kier alpha value is -2.19. The number of piperidine rings is 1. The zero-order chi connectivity index (χ0) is 19.0. The van der Waals surface area contributed by atoms with Crippen molar-refractivity contribution in [3.05, 3.63) is 18.3 Å². The van der Waals surface area contributed by atoms with Crippen molar-refractivity contribution in [2.45, 2.75) is 31.3 Å². The quantitative estimate of drug-likeness (QED) is 0.855. The zero-order valence-electron chi connectivity index (χ0n) is 16.1. The fourth-order valence-corrected chi connectivity index (χ4v) is 4.71. The number of morpholine rings is 1. The van der Waals surface area contributed by atoms with E-state index in [0.717, 1.165) is 45.4 Å². The van der Waals surface area contributed by atoms with Crippen molar-refractivity contribution in [2.24, 2.45) is 5.92 Å². The Morgan fingerprint density at radius 2 is 2.36 bits per heavy atom. The van der Waals surface area contributed by atoms with Crippen LogP contribution in [-0.4, -0.2) is 72.3 Å². The molecule has 150 valence electrons. The second kappa shape index (κ2) is 7.33. The van der Waals surface area contributed by atoms with E-state index in [0.29, 0.717) is 49.3 Å². The van der Waals surface area contributed by atoms with Crippen molar-refractivity contribution in [3.63, 3.8) is 0 Å². The number of amides is 1. The maximum absolute atomic E-state index is 13.0. The Morgan fingerprint density at radius 3 is 3.21 bits per heavy atom. The third-order valence-corrected chi connectivity index (χ3v) is 6.21. The smallest absolute Gasteiger partial charge is 0.299 e. The average Bonchev–Trinajstić information content (AvgIpc) is 3.35. The molecule has 5 heterocycles. The monoisotopic (exact) mass is 385 g/mol. The molecule has 1 N–H and O–H groups in total. The molecular weight excluding hydrogens is 358 g/mol. The maximum Gasteiger partial charge on any atom is 0.299 e. The molecule has 2 aromatic heterocycles. The molecule has 8 nitrogen and oxygen atoms in total. The number of nitrogens with one attached hydrogen (secondary N) is 1. The van der Waals surface area contributed by atoms with Crippen LogP contribution in [0.5, 0.6) is 0 Å². The zero-order valence-corrected chi connectivity index (χ0v) is 16.1. The largest absolute Gasteiger partial charge is 0.422 e. The van der Waals surface area contributed by atoms with E-state index in [1.165, 1.54) is 0 Å². The number of aromatic nitrogens is 2. The third-order valence-electron chi connectivity index (χ3n) is 6.21. The van der Waals surface area contributed by atoms with Gasteiger partial charge in [0.15, 0.2) is 5.58 Å². The molecule has 2 unspecified atom stereocenters. The number of pyridine rings is 1. The van der Waals surface area contributed by atoms with E-state index in [-0.39, 0.29) is 11.5 Å². The number of rotatable bonds is 3. The van der Waals surface area contributed by atoms with Gasteiger partial charge in [-0.15, -0.1) is 0 Å². The minimum Gasteiger partial charge on any atom is -0.422 e. The lowest BCUT2D eigenvalue weighted by atomic mass is 9.93. The lowest BCUT2D eigenvalue weighted by molar-refractivity contribution is -0.148. The normalized spacial score (nSPS) is 28.4. The van der Waals surface area contributed by atoms with Crippen molar-refractivity contribution in [3.8, 4) is 0 Å². The molecule has 0 bridgehead atoms. The minimum atomic E-state index is -0.169. The van der Waals surface area contributed by atoms with Gasteiger partial charge in [0.25, 0.3) is 6.01 Å².